The lowest BCUT2D eigenvalue weighted by atomic mass is 10.2. The molecule has 0 saturated carbocycles. The third kappa shape index (κ3) is 1.88. The molecule has 1 heterocycles. The lowest BCUT2D eigenvalue weighted by Crippen LogP contribution is -2.52. The maximum Gasteiger partial charge on any atom is 0.317 e. The van der Waals surface area contributed by atoms with Gasteiger partial charge in [0.25, 0.3) is 0 Å². The molecule has 4 heteroatoms. The number of nitrogens with zero attached hydrogens (tertiary/aromatic N) is 1. The Hall–Kier alpha value is -0.770. The Morgan fingerprint density at radius 3 is 3.00 bits per heavy atom. The Bertz CT molecular complexity index is 157. The number of hydrogen-bond acceptors (Lipinski definition) is 2. The third-order valence-corrected chi connectivity index (χ3v) is 2.24. The Morgan fingerprint density at radius 1 is 1.75 bits per heavy atom. The van der Waals surface area contributed by atoms with E-state index < -0.39 is 0 Å². The zero-order valence-electron chi connectivity index (χ0n) is 7.42. The zero-order chi connectivity index (χ0) is 8.97. The minimum absolute atomic E-state index is 0.00898. The monoisotopic (exact) mass is 172 g/mol. The second kappa shape index (κ2) is 4.30. The van der Waals surface area contributed by atoms with Gasteiger partial charge in [0.15, 0.2) is 0 Å². The van der Waals surface area contributed by atoms with E-state index in [1.807, 2.05) is 6.92 Å². The zero-order valence-corrected chi connectivity index (χ0v) is 7.42. The van der Waals surface area contributed by atoms with Gasteiger partial charge < -0.3 is 15.3 Å². The van der Waals surface area contributed by atoms with Crippen LogP contribution in [0.4, 0.5) is 4.79 Å². The quantitative estimate of drug-likeness (QED) is 0.637. The number of nitrogens with one attached hydrogen (secondary N) is 1. The number of aliphatic hydroxyl groups is 1. The fourth-order valence-corrected chi connectivity index (χ4v) is 1.44. The first-order valence-corrected chi connectivity index (χ1v) is 4.45. The number of rotatable bonds is 3. The lowest BCUT2D eigenvalue weighted by molar-refractivity contribution is 0.120. The van der Waals surface area contributed by atoms with E-state index in [4.69, 9.17) is 5.11 Å². The molecule has 2 N–H and O–H groups in total. The highest BCUT2D eigenvalue weighted by atomic mass is 16.3. The van der Waals surface area contributed by atoms with Crippen molar-refractivity contribution >= 4 is 6.03 Å². The molecule has 1 fully saturated rings. The number of amides is 2. The molecule has 1 aliphatic rings. The first-order chi connectivity index (χ1) is 5.79. The summed E-state index contributed by atoms with van der Waals surface area (Å²) in [6.07, 6.45) is 1.78. The van der Waals surface area contributed by atoms with Crippen LogP contribution in [-0.2, 0) is 0 Å². The van der Waals surface area contributed by atoms with Crippen LogP contribution in [0.25, 0.3) is 0 Å². The maximum absolute atomic E-state index is 11.3. The Labute approximate surface area is 72.6 Å². The van der Waals surface area contributed by atoms with E-state index in [1.165, 1.54) is 0 Å². The second-order valence-electron chi connectivity index (χ2n) is 3.02. The molecule has 0 aliphatic carbocycles. The van der Waals surface area contributed by atoms with Gasteiger partial charge in [0, 0.05) is 13.1 Å². The lowest BCUT2D eigenvalue weighted by Gasteiger charge is -2.33. The van der Waals surface area contributed by atoms with Crippen molar-refractivity contribution in [2.45, 2.75) is 25.8 Å². The molecule has 2 amide bonds. The topological polar surface area (TPSA) is 52.6 Å². The van der Waals surface area contributed by atoms with Crippen LogP contribution in [0.2, 0.25) is 0 Å². The van der Waals surface area contributed by atoms with E-state index in [1.54, 1.807) is 4.90 Å². The van der Waals surface area contributed by atoms with Gasteiger partial charge in [0.1, 0.15) is 0 Å². The fraction of sp³-hybridized carbons (Fsp3) is 0.875. The van der Waals surface area contributed by atoms with E-state index in [0.29, 0.717) is 0 Å². The van der Waals surface area contributed by atoms with Crippen LogP contribution in [0.5, 0.6) is 0 Å². The first kappa shape index (κ1) is 9.32. The summed E-state index contributed by atoms with van der Waals surface area (Å²) in [5.41, 5.74) is 0. The van der Waals surface area contributed by atoms with Crippen LogP contribution in [-0.4, -0.2) is 41.8 Å². The first-order valence-electron chi connectivity index (χ1n) is 4.45. The Kier molecular flexibility index (Phi) is 3.34. The van der Waals surface area contributed by atoms with Crippen LogP contribution in [0.3, 0.4) is 0 Å². The van der Waals surface area contributed by atoms with Crippen molar-refractivity contribution in [1.29, 1.82) is 0 Å². The molecule has 12 heavy (non-hydrogen) atoms. The molecule has 0 unspecified atom stereocenters. The highest BCUT2D eigenvalue weighted by Crippen LogP contribution is 2.07. The molecule has 4 nitrogen and oxygen atoms in total. The molecular formula is C8H16N2O2. The minimum Gasteiger partial charge on any atom is -0.394 e. The normalized spacial score (nSPS) is 20.5. The Morgan fingerprint density at radius 2 is 2.50 bits per heavy atom. The summed E-state index contributed by atoms with van der Waals surface area (Å²) in [5.74, 6) is 0. The number of carbonyl (C=O) groups excluding carboxylic acids is 1. The van der Waals surface area contributed by atoms with E-state index in [0.717, 1.165) is 25.9 Å². The van der Waals surface area contributed by atoms with Crippen LogP contribution < -0.4 is 5.32 Å². The standard InChI is InChI=1S/C8H16N2O2/c1-2-7(6-11)10-5-3-4-9-8(10)12/h7,11H,2-6H2,1H3,(H,9,12)/t7-/m0/s1. The van der Waals surface area contributed by atoms with Crippen molar-refractivity contribution in [2.75, 3.05) is 19.7 Å². The van der Waals surface area contributed by atoms with E-state index in [9.17, 15) is 4.79 Å². The smallest absolute Gasteiger partial charge is 0.317 e. The molecule has 1 rings (SSSR count). The van der Waals surface area contributed by atoms with Crippen molar-refractivity contribution in [3.8, 4) is 0 Å². The second-order valence-corrected chi connectivity index (χ2v) is 3.02. The number of urea groups is 1. The maximum atomic E-state index is 11.3. The molecule has 0 radical (unpaired) electrons. The molecular weight excluding hydrogens is 156 g/mol. The fourth-order valence-electron chi connectivity index (χ4n) is 1.44. The van der Waals surface area contributed by atoms with Gasteiger partial charge in [-0.05, 0) is 12.8 Å². The van der Waals surface area contributed by atoms with E-state index in [-0.39, 0.29) is 18.7 Å². The van der Waals surface area contributed by atoms with Crippen LogP contribution >= 0.6 is 0 Å². The molecule has 70 valence electrons. The van der Waals surface area contributed by atoms with Crippen molar-refractivity contribution < 1.29 is 9.90 Å². The molecule has 0 aromatic carbocycles. The number of aliphatic hydroxyl groups excluding tert-OH is 1. The largest absolute Gasteiger partial charge is 0.394 e. The molecule has 1 aliphatic heterocycles. The van der Waals surface area contributed by atoms with Gasteiger partial charge in [-0.15, -0.1) is 0 Å². The van der Waals surface area contributed by atoms with Crippen molar-refractivity contribution in [3.05, 3.63) is 0 Å². The van der Waals surface area contributed by atoms with Crippen molar-refractivity contribution in [2.24, 2.45) is 0 Å². The highest BCUT2D eigenvalue weighted by Gasteiger charge is 2.23. The summed E-state index contributed by atoms with van der Waals surface area (Å²) in [7, 11) is 0. The van der Waals surface area contributed by atoms with Gasteiger partial charge in [-0.2, -0.15) is 0 Å². The molecule has 0 bridgehead atoms. The van der Waals surface area contributed by atoms with Crippen molar-refractivity contribution in [3.63, 3.8) is 0 Å². The van der Waals surface area contributed by atoms with Crippen molar-refractivity contribution in [1.82, 2.24) is 10.2 Å². The average molecular weight is 172 g/mol. The predicted octanol–water partition coefficient (Wildman–Crippen LogP) is 0.173. The summed E-state index contributed by atoms with van der Waals surface area (Å²) in [4.78, 5) is 13.0. The summed E-state index contributed by atoms with van der Waals surface area (Å²) < 4.78 is 0. The summed E-state index contributed by atoms with van der Waals surface area (Å²) in [5, 5.41) is 11.7. The molecule has 0 aromatic rings. The summed E-state index contributed by atoms with van der Waals surface area (Å²) in [6.45, 7) is 3.56. The summed E-state index contributed by atoms with van der Waals surface area (Å²) in [6, 6.07) is -0.0487. The molecule has 0 aromatic heterocycles. The van der Waals surface area contributed by atoms with Gasteiger partial charge in [-0.1, -0.05) is 6.92 Å². The van der Waals surface area contributed by atoms with Gasteiger partial charge in [-0.25, -0.2) is 4.79 Å². The SMILES string of the molecule is CC[C@@H](CO)N1CCCNC1=O. The van der Waals surface area contributed by atoms with Gasteiger partial charge in [0.05, 0.1) is 12.6 Å². The van der Waals surface area contributed by atoms with Gasteiger partial charge >= 0.3 is 6.03 Å². The van der Waals surface area contributed by atoms with Gasteiger partial charge in [-0.3, -0.25) is 0 Å². The summed E-state index contributed by atoms with van der Waals surface area (Å²) >= 11 is 0. The molecule has 1 atom stereocenters. The van der Waals surface area contributed by atoms with E-state index in [2.05, 4.69) is 5.32 Å². The molecule has 0 spiro atoms. The minimum atomic E-state index is -0.0397. The average Bonchev–Trinajstić information content (AvgIpc) is 2.10. The third-order valence-electron chi connectivity index (χ3n) is 2.24. The van der Waals surface area contributed by atoms with Crippen LogP contribution in [0.1, 0.15) is 19.8 Å². The van der Waals surface area contributed by atoms with Gasteiger partial charge in [0.2, 0.25) is 0 Å². The Balaban J connectivity index is 2.51. The molecule has 1 saturated heterocycles. The predicted molar refractivity (Wildman–Crippen MR) is 45.9 cm³/mol. The highest BCUT2D eigenvalue weighted by molar-refractivity contribution is 5.75. The van der Waals surface area contributed by atoms with Crippen LogP contribution in [0.15, 0.2) is 0 Å². The number of hydrogen-bond donors (Lipinski definition) is 2. The van der Waals surface area contributed by atoms with E-state index >= 15 is 0 Å². The van der Waals surface area contributed by atoms with Crippen LogP contribution in [0, 0.1) is 0 Å². The number of carbonyl (C=O) groups is 1.